The lowest BCUT2D eigenvalue weighted by molar-refractivity contribution is -0.143. The predicted octanol–water partition coefficient (Wildman–Crippen LogP) is 3.71. The Labute approximate surface area is 167 Å². The molecule has 0 aliphatic carbocycles. The van der Waals surface area contributed by atoms with Crippen LogP contribution in [0.3, 0.4) is 0 Å². The van der Waals surface area contributed by atoms with Crippen LogP contribution < -0.4 is 5.43 Å². The number of rotatable bonds is 3. The van der Waals surface area contributed by atoms with Crippen LogP contribution in [0, 0.1) is 12.8 Å². The lowest BCUT2D eigenvalue weighted by Crippen LogP contribution is -2.42. The molecule has 6 heteroatoms. The molecule has 1 atom stereocenters. The van der Waals surface area contributed by atoms with Crippen LogP contribution in [0.4, 0.5) is 0 Å². The average molecular weight is 391 g/mol. The maximum absolute atomic E-state index is 13.2. The molecule has 1 aliphatic rings. The van der Waals surface area contributed by atoms with Gasteiger partial charge in [-0.05, 0) is 31.9 Å². The minimum Gasteiger partial charge on any atom is -0.481 e. The van der Waals surface area contributed by atoms with Crippen molar-refractivity contribution in [2.24, 2.45) is 5.92 Å². The lowest BCUT2D eigenvalue weighted by Gasteiger charge is -2.30. The van der Waals surface area contributed by atoms with E-state index in [9.17, 15) is 19.5 Å². The third-order valence-electron chi connectivity index (χ3n) is 5.47. The quantitative estimate of drug-likeness (QED) is 0.735. The standard InChI is InChI=1S/C23H21NO5/c1-14-19(25)17-10-5-11-18(21(17)29-20(14)15-7-3-2-4-8-15)22(26)24-12-6-9-16(13-24)23(27)28/h2-5,7-8,10-11,16H,6,9,12-13H2,1H3,(H,27,28)/t16-/m1/s1. The molecular weight excluding hydrogens is 370 g/mol. The van der Waals surface area contributed by atoms with Crippen molar-refractivity contribution < 1.29 is 19.1 Å². The van der Waals surface area contributed by atoms with E-state index in [0.29, 0.717) is 36.1 Å². The SMILES string of the molecule is Cc1c(-c2ccccc2)oc2c(C(=O)N3CCC[C@@H](C(=O)O)C3)cccc2c1=O. The molecule has 1 saturated heterocycles. The fourth-order valence-corrected chi connectivity index (χ4v) is 3.88. The Morgan fingerprint density at radius 2 is 1.86 bits per heavy atom. The van der Waals surface area contributed by atoms with Crippen molar-refractivity contribution in [2.45, 2.75) is 19.8 Å². The maximum Gasteiger partial charge on any atom is 0.308 e. The topological polar surface area (TPSA) is 87.8 Å². The number of fused-ring (bicyclic) bond motifs is 1. The van der Waals surface area contributed by atoms with Gasteiger partial charge in [-0.3, -0.25) is 14.4 Å². The fourth-order valence-electron chi connectivity index (χ4n) is 3.88. The number of carbonyl (C=O) groups excluding carboxylic acids is 1. The highest BCUT2D eigenvalue weighted by molar-refractivity contribution is 6.05. The van der Waals surface area contributed by atoms with Crippen molar-refractivity contribution in [2.75, 3.05) is 13.1 Å². The van der Waals surface area contributed by atoms with Gasteiger partial charge in [-0.1, -0.05) is 36.4 Å². The molecule has 29 heavy (non-hydrogen) atoms. The maximum atomic E-state index is 13.2. The van der Waals surface area contributed by atoms with Crippen LogP contribution >= 0.6 is 0 Å². The molecule has 4 rings (SSSR count). The first kappa shape index (κ1) is 18.9. The number of amides is 1. The second-order valence-corrected chi connectivity index (χ2v) is 7.36. The summed E-state index contributed by atoms with van der Waals surface area (Å²) in [5, 5.41) is 9.66. The number of carbonyl (C=O) groups is 2. The van der Waals surface area contributed by atoms with E-state index in [1.807, 2.05) is 30.3 Å². The van der Waals surface area contributed by atoms with Gasteiger partial charge in [-0.25, -0.2) is 0 Å². The minimum absolute atomic E-state index is 0.159. The molecule has 2 heterocycles. The molecule has 1 amide bonds. The summed E-state index contributed by atoms with van der Waals surface area (Å²) in [6.07, 6.45) is 1.19. The van der Waals surface area contributed by atoms with E-state index in [2.05, 4.69) is 0 Å². The van der Waals surface area contributed by atoms with Crippen molar-refractivity contribution in [1.82, 2.24) is 4.90 Å². The van der Waals surface area contributed by atoms with E-state index in [-0.39, 0.29) is 29.0 Å². The van der Waals surface area contributed by atoms with Gasteiger partial charge in [0.25, 0.3) is 5.91 Å². The Morgan fingerprint density at radius 3 is 2.59 bits per heavy atom. The number of carboxylic acids is 1. The van der Waals surface area contributed by atoms with E-state index in [4.69, 9.17) is 4.42 Å². The Kier molecular flexibility index (Phi) is 4.92. The highest BCUT2D eigenvalue weighted by Crippen LogP contribution is 2.28. The lowest BCUT2D eigenvalue weighted by atomic mass is 9.97. The van der Waals surface area contributed by atoms with Crippen molar-refractivity contribution in [3.8, 4) is 11.3 Å². The zero-order valence-electron chi connectivity index (χ0n) is 16.1. The molecule has 1 N–H and O–H groups in total. The Morgan fingerprint density at radius 1 is 1.10 bits per heavy atom. The van der Waals surface area contributed by atoms with Gasteiger partial charge in [0, 0.05) is 24.2 Å². The molecule has 1 aliphatic heterocycles. The number of aliphatic carboxylic acids is 1. The third-order valence-corrected chi connectivity index (χ3v) is 5.47. The summed E-state index contributed by atoms with van der Waals surface area (Å²) in [4.78, 5) is 39.0. The van der Waals surface area contributed by atoms with Gasteiger partial charge < -0.3 is 14.4 Å². The summed E-state index contributed by atoms with van der Waals surface area (Å²) in [5.41, 5.74) is 1.58. The van der Waals surface area contributed by atoms with Gasteiger partial charge in [0.1, 0.15) is 5.76 Å². The molecule has 148 valence electrons. The number of para-hydroxylation sites is 1. The van der Waals surface area contributed by atoms with E-state index < -0.39 is 11.9 Å². The largest absolute Gasteiger partial charge is 0.481 e. The molecule has 1 aromatic heterocycles. The monoisotopic (exact) mass is 391 g/mol. The van der Waals surface area contributed by atoms with Gasteiger partial charge in [0.2, 0.25) is 0 Å². The molecule has 0 bridgehead atoms. The van der Waals surface area contributed by atoms with E-state index in [1.165, 1.54) is 0 Å². The van der Waals surface area contributed by atoms with Gasteiger partial charge in [0.15, 0.2) is 11.0 Å². The zero-order chi connectivity index (χ0) is 20.5. The highest BCUT2D eigenvalue weighted by atomic mass is 16.4. The predicted molar refractivity (Wildman–Crippen MR) is 109 cm³/mol. The molecule has 0 radical (unpaired) electrons. The molecular formula is C23H21NO5. The summed E-state index contributed by atoms with van der Waals surface area (Å²) in [6, 6.07) is 14.2. The van der Waals surface area contributed by atoms with Gasteiger partial charge in [0.05, 0.1) is 16.9 Å². The van der Waals surface area contributed by atoms with Crippen molar-refractivity contribution in [3.63, 3.8) is 0 Å². The minimum atomic E-state index is -0.894. The van der Waals surface area contributed by atoms with Gasteiger partial charge in [-0.15, -0.1) is 0 Å². The summed E-state index contributed by atoms with van der Waals surface area (Å²) in [7, 11) is 0. The number of nitrogens with zero attached hydrogens (tertiary/aromatic N) is 1. The summed E-state index contributed by atoms with van der Waals surface area (Å²) in [6.45, 7) is 2.36. The van der Waals surface area contributed by atoms with Crippen molar-refractivity contribution >= 4 is 22.8 Å². The number of likely N-dealkylation sites (tertiary alicyclic amines) is 1. The first-order valence-electron chi connectivity index (χ1n) is 9.61. The Balaban J connectivity index is 1.83. The number of carboxylic acid groups (broad SMARTS) is 1. The van der Waals surface area contributed by atoms with Crippen LogP contribution in [0.5, 0.6) is 0 Å². The van der Waals surface area contributed by atoms with Crippen LogP contribution in [-0.4, -0.2) is 35.0 Å². The normalized spacial score (nSPS) is 16.7. The molecule has 3 aromatic rings. The number of hydrogen-bond acceptors (Lipinski definition) is 4. The van der Waals surface area contributed by atoms with Crippen LogP contribution in [0.1, 0.15) is 28.8 Å². The first-order chi connectivity index (χ1) is 14.0. The van der Waals surface area contributed by atoms with Crippen LogP contribution in [-0.2, 0) is 4.79 Å². The summed E-state index contributed by atoms with van der Waals surface area (Å²) >= 11 is 0. The van der Waals surface area contributed by atoms with Gasteiger partial charge in [-0.2, -0.15) is 0 Å². The van der Waals surface area contributed by atoms with Crippen molar-refractivity contribution in [3.05, 3.63) is 69.9 Å². The van der Waals surface area contributed by atoms with Crippen LogP contribution in [0.2, 0.25) is 0 Å². The van der Waals surface area contributed by atoms with E-state index >= 15 is 0 Å². The first-order valence-corrected chi connectivity index (χ1v) is 9.61. The highest BCUT2D eigenvalue weighted by Gasteiger charge is 2.30. The molecule has 0 unspecified atom stereocenters. The zero-order valence-corrected chi connectivity index (χ0v) is 16.1. The molecule has 6 nitrogen and oxygen atoms in total. The van der Waals surface area contributed by atoms with Crippen LogP contribution in [0.25, 0.3) is 22.3 Å². The second-order valence-electron chi connectivity index (χ2n) is 7.36. The second kappa shape index (κ2) is 7.54. The Bertz CT molecular complexity index is 1150. The van der Waals surface area contributed by atoms with Gasteiger partial charge >= 0.3 is 5.97 Å². The molecule has 0 saturated carbocycles. The number of benzene rings is 2. The third kappa shape index (κ3) is 3.42. The van der Waals surface area contributed by atoms with E-state index in [1.54, 1.807) is 30.0 Å². The molecule has 1 fully saturated rings. The van der Waals surface area contributed by atoms with Crippen molar-refractivity contribution in [1.29, 1.82) is 0 Å². The number of piperidine rings is 1. The van der Waals surface area contributed by atoms with E-state index in [0.717, 1.165) is 5.56 Å². The van der Waals surface area contributed by atoms with Crippen LogP contribution in [0.15, 0.2) is 57.7 Å². The Hall–Kier alpha value is -3.41. The fraction of sp³-hybridized carbons (Fsp3) is 0.261. The summed E-state index contributed by atoms with van der Waals surface area (Å²) < 4.78 is 6.11. The smallest absolute Gasteiger partial charge is 0.308 e. The number of hydrogen-bond donors (Lipinski definition) is 1. The molecule has 2 aromatic carbocycles. The molecule has 0 spiro atoms. The average Bonchev–Trinajstić information content (AvgIpc) is 2.76. The summed E-state index contributed by atoms with van der Waals surface area (Å²) in [5.74, 6) is -1.34.